The Labute approximate surface area is 120 Å². The molecule has 0 spiro atoms. The van der Waals surface area contributed by atoms with Gasteiger partial charge in [0.15, 0.2) is 0 Å². The van der Waals surface area contributed by atoms with Gasteiger partial charge in [-0.1, -0.05) is 6.07 Å². The minimum Gasteiger partial charge on any atom is -0.450 e. The smallest absolute Gasteiger partial charge is 0.409 e. The van der Waals surface area contributed by atoms with Crippen LogP contribution in [0.25, 0.3) is 0 Å². The highest BCUT2D eigenvalue weighted by Gasteiger charge is 2.24. The highest BCUT2D eigenvalue weighted by atomic mass is 16.6. The van der Waals surface area contributed by atoms with Gasteiger partial charge in [-0.25, -0.2) is 4.79 Å². The topological polar surface area (TPSA) is 54.5 Å². The van der Waals surface area contributed by atoms with Crippen LogP contribution in [0.3, 0.4) is 0 Å². The third-order valence-electron chi connectivity index (χ3n) is 3.69. The third kappa shape index (κ3) is 3.93. The Morgan fingerprint density at radius 1 is 1.55 bits per heavy atom. The minimum absolute atomic E-state index is 0.189. The van der Waals surface area contributed by atoms with Crippen LogP contribution in [0.5, 0.6) is 0 Å². The highest BCUT2D eigenvalue weighted by molar-refractivity contribution is 5.67. The van der Waals surface area contributed by atoms with Crippen molar-refractivity contribution < 1.29 is 9.53 Å². The van der Waals surface area contributed by atoms with Gasteiger partial charge < -0.3 is 15.0 Å². The molecule has 1 aliphatic rings. The lowest BCUT2D eigenvalue weighted by molar-refractivity contribution is 0.0943. The van der Waals surface area contributed by atoms with E-state index in [2.05, 4.69) is 23.3 Å². The first-order chi connectivity index (χ1) is 9.70. The van der Waals surface area contributed by atoms with E-state index in [0.29, 0.717) is 12.6 Å². The van der Waals surface area contributed by atoms with Crippen LogP contribution in [-0.2, 0) is 4.74 Å². The van der Waals surface area contributed by atoms with E-state index in [1.54, 1.807) is 11.1 Å². The number of hydrogen-bond acceptors (Lipinski definition) is 4. The molecule has 0 saturated carbocycles. The van der Waals surface area contributed by atoms with Gasteiger partial charge in [0, 0.05) is 37.6 Å². The SMILES string of the molecule is CCOC(=O)N1CCC(N[C@H](C)c2cccnc2)CC1. The van der Waals surface area contributed by atoms with E-state index in [1.165, 1.54) is 5.56 Å². The normalized spacial score (nSPS) is 17.8. The Kier molecular flexibility index (Phi) is 5.35. The van der Waals surface area contributed by atoms with Crippen LogP contribution < -0.4 is 5.32 Å². The average molecular weight is 277 g/mol. The lowest BCUT2D eigenvalue weighted by atomic mass is 10.0. The summed E-state index contributed by atoms with van der Waals surface area (Å²) >= 11 is 0. The molecule has 0 aliphatic carbocycles. The molecule has 1 amide bonds. The summed E-state index contributed by atoms with van der Waals surface area (Å²) in [4.78, 5) is 17.6. The van der Waals surface area contributed by atoms with Crippen LogP contribution in [0.2, 0.25) is 0 Å². The Hall–Kier alpha value is -1.62. The first kappa shape index (κ1) is 14.8. The van der Waals surface area contributed by atoms with Crippen LogP contribution in [-0.4, -0.2) is 41.7 Å². The van der Waals surface area contributed by atoms with Crippen molar-refractivity contribution in [3.63, 3.8) is 0 Å². The lowest BCUT2D eigenvalue weighted by Gasteiger charge is -2.33. The minimum atomic E-state index is -0.189. The number of likely N-dealkylation sites (tertiary alicyclic amines) is 1. The summed E-state index contributed by atoms with van der Waals surface area (Å²) in [6, 6.07) is 4.76. The fourth-order valence-corrected chi connectivity index (χ4v) is 2.53. The third-order valence-corrected chi connectivity index (χ3v) is 3.69. The molecule has 1 fully saturated rings. The zero-order valence-electron chi connectivity index (χ0n) is 12.2. The number of rotatable bonds is 4. The van der Waals surface area contributed by atoms with Gasteiger partial charge in [-0.05, 0) is 38.3 Å². The van der Waals surface area contributed by atoms with Gasteiger partial charge in [-0.3, -0.25) is 4.98 Å². The summed E-state index contributed by atoms with van der Waals surface area (Å²) in [5, 5.41) is 3.61. The summed E-state index contributed by atoms with van der Waals surface area (Å²) in [5.74, 6) is 0. The number of nitrogens with one attached hydrogen (secondary N) is 1. The quantitative estimate of drug-likeness (QED) is 0.918. The number of hydrogen-bond donors (Lipinski definition) is 1. The van der Waals surface area contributed by atoms with Crippen molar-refractivity contribution in [3.8, 4) is 0 Å². The summed E-state index contributed by atoms with van der Waals surface area (Å²) < 4.78 is 5.03. The molecule has 1 saturated heterocycles. The van der Waals surface area contributed by atoms with Gasteiger partial charge in [-0.2, -0.15) is 0 Å². The molecule has 5 nitrogen and oxygen atoms in total. The number of nitrogens with zero attached hydrogens (tertiary/aromatic N) is 2. The first-order valence-electron chi connectivity index (χ1n) is 7.28. The molecule has 1 aliphatic heterocycles. The van der Waals surface area contributed by atoms with Gasteiger partial charge in [0.25, 0.3) is 0 Å². The molecular formula is C15H23N3O2. The van der Waals surface area contributed by atoms with Gasteiger partial charge in [0.2, 0.25) is 0 Å². The maximum Gasteiger partial charge on any atom is 0.409 e. The summed E-state index contributed by atoms with van der Waals surface area (Å²) in [7, 11) is 0. The fraction of sp³-hybridized carbons (Fsp3) is 0.600. The molecule has 1 N–H and O–H groups in total. The van der Waals surface area contributed by atoms with Crippen molar-refractivity contribution in [1.82, 2.24) is 15.2 Å². The predicted molar refractivity (Wildman–Crippen MR) is 77.4 cm³/mol. The predicted octanol–water partition coefficient (Wildman–Crippen LogP) is 2.35. The van der Waals surface area contributed by atoms with E-state index in [9.17, 15) is 4.79 Å². The van der Waals surface area contributed by atoms with Crippen molar-refractivity contribution in [3.05, 3.63) is 30.1 Å². The van der Waals surface area contributed by atoms with Crippen LogP contribution in [0.4, 0.5) is 4.79 Å². The molecular weight excluding hydrogens is 254 g/mol. The van der Waals surface area contributed by atoms with Crippen LogP contribution >= 0.6 is 0 Å². The second-order valence-electron chi connectivity index (χ2n) is 5.13. The van der Waals surface area contributed by atoms with Crippen LogP contribution in [0, 0.1) is 0 Å². The Morgan fingerprint density at radius 3 is 2.90 bits per heavy atom. The van der Waals surface area contributed by atoms with Gasteiger partial charge in [0.1, 0.15) is 0 Å². The molecule has 1 aromatic heterocycles. The van der Waals surface area contributed by atoms with Gasteiger partial charge in [0.05, 0.1) is 6.61 Å². The molecule has 2 heterocycles. The maximum absolute atomic E-state index is 11.6. The van der Waals surface area contributed by atoms with Crippen LogP contribution in [0.15, 0.2) is 24.5 Å². The molecule has 1 aromatic rings. The summed E-state index contributed by atoms with van der Waals surface area (Å²) in [6.07, 6.45) is 5.41. The fourth-order valence-electron chi connectivity index (χ4n) is 2.53. The highest BCUT2D eigenvalue weighted by Crippen LogP contribution is 2.17. The molecule has 0 bridgehead atoms. The molecule has 1 atom stereocenters. The maximum atomic E-state index is 11.6. The van der Waals surface area contributed by atoms with Crippen molar-refractivity contribution in [2.45, 2.75) is 38.8 Å². The number of ether oxygens (including phenoxy) is 1. The molecule has 0 radical (unpaired) electrons. The lowest BCUT2D eigenvalue weighted by Crippen LogP contribution is -2.45. The molecule has 2 rings (SSSR count). The number of carbonyl (C=O) groups is 1. The van der Waals surface area contributed by atoms with Gasteiger partial charge in [-0.15, -0.1) is 0 Å². The van der Waals surface area contributed by atoms with E-state index in [-0.39, 0.29) is 12.1 Å². The van der Waals surface area contributed by atoms with Crippen molar-refractivity contribution in [2.75, 3.05) is 19.7 Å². The average Bonchev–Trinajstić information content (AvgIpc) is 2.49. The zero-order valence-corrected chi connectivity index (χ0v) is 12.2. The number of pyridine rings is 1. The van der Waals surface area contributed by atoms with Crippen molar-refractivity contribution >= 4 is 6.09 Å². The Morgan fingerprint density at radius 2 is 2.30 bits per heavy atom. The number of aromatic nitrogens is 1. The zero-order chi connectivity index (χ0) is 14.4. The van der Waals surface area contributed by atoms with E-state index in [4.69, 9.17) is 4.74 Å². The molecule has 0 aromatic carbocycles. The van der Waals surface area contributed by atoms with E-state index < -0.39 is 0 Å². The number of carbonyl (C=O) groups excluding carboxylic acids is 1. The Balaban J connectivity index is 1.78. The van der Waals surface area contributed by atoms with Gasteiger partial charge >= 0.3 is 6.09 Å². The number of amides is 1. The molecule has 0 unspecified atom stereocenters. The van der Waals surface area contributed by atoms with Crippen molar-refractivity contribution in [2.24, 2.45) is 0 Å². The summed E-state index contributed by atoms with van der Waals surface area (Å²) in [5.41, 5.74) is 1.19. The first-order valence-corrected chi connectivity index (χ1v) is 7.28. The number of piperidine rings is 1. The monoisotopic (exact) mass is 277 g/mol. The summed E-state index contributed by atoms with van der Waals surface area (Å²) in [6.45, 7) is 5.94. The second-order valence-corrected chi connectivity index (χ2v) is 5.13. The largest absolute Gasteiger partial charge is 0.450 e. The van der Waals surface area contributed by atoms with Crippen LogP contribution in [0.1, 0.15) is 38.3 Å². The second kappa shape index (κ2) is 7.24. The molecule has 5 heteroatoms. The Bertz CT molecular complexity index is 416. The van der Waals surface area contributed by atoms with E-state index in [0.717, 1.165) is 25.9 Å². The molecule has 110 valence electrons. The van der Waals surface area contributed by atoms with E-state index >= 15 is 0 Å². The van der Waals surface area contributed by atoms with Crippen molar-refractivity contribution in [1.29, 1.82) is 0 Å². The molecule has 20 heavy (non-hydrogen) atoms. The van der Waals surface area contributed by atoms with E-state index in [1.807, 2.05) is 19.2 Å². The standard InChI is InChI=1S/C15H23N3O2/c1-3-20-15(19)18-9-6-14(7-10-18)17-12(2)13-5-4-8-16-11-13/h4-5,8,11-12,14,17H,3,6-7,9-10H2,1-2H3/t12-/m1/s1.